The Kier molecular flexibility index (Phi) is 6.79. The number of carboxylic acid groups (broad SMARTS) is 1. The number of amides is 2. The van der Waals surface area contributed by atoms with Crippen LogP contribution in [0.4, 0.5) is 4.79 Å². The van der Waals surface area contributed by atoms with Crippen molar-refractivity contribution < 1.29 is 24.2 Å². The minimum atomic E-state index is -0.864. The number of piperidine rings is 1. The first-order valence-electron chi connectivity index (χ1n) is 8.47. The van der Waals surface area contributed by atoms with E-state index >= 15 is 0 Å². The summed E-state index contributed by atoms with van der Waals surface area (Å²) in [5.41, 5.74) is 0.431. The molecule has 0 spiro atoms. The molecule has 9 heteroatoms. The largest absolute Gasteiger partial charge is 0.481 e. The number of aromatic nitrogens is 2. The fraction of sp³-hybridized carbons (Fsp3) is 0.625. The third-order valence-electron chi connectivity index (χ3n) is 4.08. The van der Waals surface area contributed by atoms with Gasteiger partial charge >= 0.3 is 18.0 Å². The summed E-state index contributed by atoms with van der Waals surface area (Å²) < 4.78 is 6.71. The van der Waals surface area contributed by atoms with Crippen molar-refractivity contribution in [3.8, 4) is 0 Å². The van der Waals surface area contributed by atoms with Gasteiger partial charge in [0, 0.05) is 32.3 Å². The Labute approximate surface area is 145 Å². The van der Waals surface area contributed by atoms with Crippen LogP contribution in [0.25, 0.3) is 0 Å². The molecule has 0 atom stereocenters. The summed E-state index contributed by atoms with van der Waals surface area (Å²) in [7, 11) is 0. The summed E-state index contributed by atoms with van der Waals surface area (Å²) in [5, 5.41) is 15.5. The maximum Gasteiger partial charge on any atom is 0.341 e. The highest BCUT2D eigenvalue weighted by molar-refractivity contribution is 5.88. The molecule has 2 rings (SSSR count). The van der Waals surface area contributed by atoms with Gasteiger partial charge in [-0.3, -0.25) is 9.48 Å². The van der Waals surface area contributed by atoms with E-state index in [9.17, 15) is 14.4 Å². The van der Waals surface area contributed by atoms with Crippen LogP contribution in [0.5, 0.6) is 0 Å². The van der Waals surface area contributed by atoms with E-state index in [1.807, 2.05) is 0 Å². The summed E-state index contributed by atoms with van der Waals surface area (Å²) in [6, 6.07) is -0.0317. The lowest BCUT2D eigenvalue weighted by atomic mass is 10.1. The highest BCUT2D eigenvalue weighted by atomic mass is 16.5. The molecule has 2 heterocycles. The zero-order valence-corrected chi connectivity index (χ0v) is 14.3. The van der Waals surface area contributed by atoms with Gasteiger partial charge in [-0.1, -0.05) is 0 Å². The molecule has 9 nitrogen and oxygen atoms in total. The first kappa shape index (κ1) is 18.8. The molecule has 2 N–H and O–H groups in total. The Hall–Kier alpha value is -2.58. The van der Waals surface area contributed by atoms with Gasteiger partial charge in [0.25, 0.3) is 0 Å². The third kappa shape index (κ3) is 5.47. The van der Waals surface area contributed by atoms with E-state index < -0.39 is 5.97 Å². The van der Waals surface area contributed by atoms with Gasteiger partial charge in [0.2, 0.25) is 0 Å². The number of likely N-dealkylation sites (tertiary alicyclic amines) is 1. The average molecular weight is 352 g/mol. The number of urea groups is 1. The summed E-state index contributed by atoms with van der Waals surface area (Å²) in [6.07, 6.45) is 5.13. The van der Waals surface area contributed by atoms with Crippen molar-refractivity contribution in [1.82, 2.24) is 20.0 Å². The Morgan fingerprint density at radius 3 is 2.72 bits per heavy atom. The standard InChI is InChI=1S/C16H24N4O5/c1-2-25-15(23)12-10-18-20(11-12)13-5-8-19(9-6-13)16(24)17-7-3-4-14(21)22/h10-11,13H,2-9H2,1H3,(H,17,24)(H,21,22). The second-order valence-electron chi connectivity index (χ2n) is 5.88. The molecule has 1 aliphatic rings. The van der Waals surface area contributed by atoms with E-state index in [2.05, 4.69) is 10.4 Å². The van der Waals surface area contributed by atoms with Crippen LogP contribution in [0.2, 0.25) is 0 Å². The minimum absolute atomic E-state index is 0.0461. The molecule has 1 fully saturated rings. The molecular weight excluding hydrogens is 328 g/mol. The van der Waals surface area contributed by atoms with Crippen LogP contribution in [0.15, 0.2) is 12.4 Å². The molecule has 0 aliphatic carbocycles. The number of rotatable bonds is 7. The molecule has 1 aliphatic heterocycles. The number of ether oxygens (including phenoxy) is 1. The van der Waals surface area contributed by atoms with Crippen LogP contribution < -0.4 is 5.32 Å². The van der Waals surface area contributed by atoms with E-state index in [-0.39, 0.29) is 24.5 Å². The van der Waals surface area contributed by atoms with Crippen molar-refractivity contribution in [2.75, 3.05) is 26.2 Å². The van der Waals surface area contributed by atoms with Gasteiger partial charge in [-0.25, -0.2) is 9.59 Å². The summed E-state index contributed by atoms with van der Waals surface area (Å²) in [6.45, 7) is 3.61. The van der Waals surface area contributed by atoms with E-state index in [1.54, 1.807) is 22.7 Å². The van der Waals surface area contributed by atoms with Crippen LogP contribution in [0, 0.1) is 0 Å². The molecule has 1 aromatic heterocycles. The number of carbonyl (C=O) groups is 3. The monoisotopic (exact) mass is 352 g/mol. The highest BCUT2D eigenvalue weighted by Gasteiger charge is 2.24. The zero-order chi connectivity index (χ0) is 18.2. The lowest BCUT2D eigenvalue weighted by Crippen LogP contribution is -2.45. The molecular formula is C16H24N4O5. The van der Waals surface area contributed by atoms with Crippen molar-refractivity contribution in [2.24, 2.45) is 0 Å². The van der Waals surface area contributed by atoms with Crippen molar-refractivity contribution in [1.29, 1.82) is 0 Å². The molecule has 138 valence electrons. The maximum absolute atomic E-state index is 12.0. The second kappa shape index (κ2) is 9.05. The quantitative estimate of drug-likeness (QED) is 0.564. The molecule has 0 radical (unpaired) electrons. The first-order chi connectivity index (χ1) is 12.0. The van der Waals surface area contributed by atoms with Crippen LogP contribution in [0.3, 0.4) is 0 Å². The predicted octanol–water partition coefficient (Wildman–Crippen LogP) is 1.27. The van der Waals surface area contributed by atoms with Crippen molar-refractivity contribution >= 4 is 18.0 Å². The average Bonchev–Trinajstić information content (AvgIpc) is 3.09. The lowest BCUT2D eigenvalue weighted by Gasteiger charge is -2.32. The van der Waals surface area contributed by atoms with Gasteiger partial charge in [0.05, 0.1) is 24.4 Å². The van der Waals surface area contributed by atoms with Gasteiger partial charge in [-0.15, -0.1) is 0 Å². The summed E-state index contributed by atoms with van der Waals surface area (Å²) in [4.78, 5) is 35.9. The van der Waals surface area contributed by atoms with E-state index in [0.29, 0.717) is 38.2 Å². The van der Waals surface area contributed by atoms with Crippen molar-refractivity contribution in [3.63, 3.8) is 0 Å². The van der Waals surface area contributed by atoms with Crippen molar-refractivity contribution in [3.05, 3.63) is 18.0 Å². The van der Waals surface area contributed by atoms with Crippen LogP contribution in [0.1, 0.15) is 49.0 Å². The minimum Gasteiger partial charge on any atom is -0.481 e. The molecule has 0 aromatic carbocycles. The molecule has 2 amide bonds. The summed E-state index contributed by atoms with van der Waals surface area (Å²) in [5.74, 6) is -1.25. The number of hydrogen-bond acceptors (Lipinski definition) is 5. The summed E-state index contributed by atoms with van der Waals surface area (Å²) >= 11 is 0. The third-order valence-corrected chi connectivity index (χ3v) is 4.08. The van der Waals surface area contributed by atoms with E-state index in [0.717, 1.165) is 12.8 Å². The van der Waals surface area contributed by atoms with Gasteiger partial charge < -0.3 is 20.1 Å². The second-order valence-corrected chi connectivity index (χ2v) is 5.88. The zero-order valence-electron chi connectivity index (χ0n) is 14.3. The van der Waals surface area contributed by atoms with Gasteiger partial charge in [-0.2, -0.15) is 5.10 Å². The van der Waals surface area contributed by atoms with Gasteiger partial charge in [0.1, 0.15) is 0 Å². The molecule has 1 aromatic rings. The molecule has 0 unspecified atom stereocenters. The number of nitrogens with one attached hydrogen (secondary N) is 1. The first-order valence-corrected chi connectivity index (χ1v) is 8.47. The van der Waals surface area contributed by atoms with E-state index in [1.165, 1.54) is 6.20 Å². The van der Waals surface area contributed by atoms with E-state index in [4.69, 9.17) is 9.84 Å². The predicted molar refractivity (Wildman–Crippen MR) is 88.3 cm³/mol. The van der Waals surface area contributed by atoms with Gasteiger partial charge in [0.15, 0.2) is 0 Å². The topological polar surface area (TPSA) is 114 Å². The Balaban J connectivity index is 1.76. The normalized spacial score (nSPS) is 15.0. The van der Waals surface area contributed by atoms with Crippen LogP contribution >= 0.6 is 0 Å². The molecule has 25 heavy (non-hydrogen) atoms. The molecule has 1 saturated heterocycles. The Bertz CT molecular complexity index is 607. The van der Waals surface area contributed by atoms with Gasteiger partial charge in [-0.05, 0) is 26.2 Å². The lowest BCUT2D eigenvalue weighted by molar-refractivity contribution is -0.137. The Morgan fingerprint density at radius 2 is 2.08 bits per heavy atom. The van der Waals surface area contributed by atoms with Crippen molar-refractivity contribution in [2.45, 2.75) is 38.6 Å². The number of esters is 1. The highest BCUT2D eigenvalue weighted by Crippen LogP contribution is 2.22. The number of carbonyl (C=O) groups excluding carboxylic acids is 2. The Morgan fingerprint density at radius 1 is 1.36 bits per heavy atom. The molecule has 0 bridgehead atoms. The number of nitrogens with zero attached hydrogens (tertiary/aromatic N) is 3. The fourth-order valence-corrected chi connectivity index (χ4v) is 2.74. The SMILES string of the molecule is CCOC(=O)c1cnn(C2CCN(C(=O)NCCCC(=O)O)CC2)c1. The smallest absolute Gasteiger partial charge is 0.341 e. The van der Waals surface area contributed by atoms with Crippen LogP contribution in [-0.2, 0) is 9.53 Å². The number of aliphatic carboxylic acids is 1. The molecule has 0 saturated carbocycles. The van der Waals surface area contributed by atoms with Crippen LogP contribution in [-0.4, -0.2) is 64.0 Å². The number of carboxylic acids is 1. The maximum atomic E-state index is 12.0. The number of hydrogen-bond donors (Lipinski definition) is 2. The fourth-order valence-electron chi connectivity index (χ4n) is 2.74.